The van der Waals surface area contributed by atoms with Crippen LogP contribution in [-0.2, 0) is 4.74 Å². The van der Waals surface area contributed by atoms with Crippen LogP contribution in [0, 0.1) is 0 Å². The Balaban J connectivity index is -0.000000107. The van der Waals surface area contributed by atoms with Gasteiger partial charge >= 0.3 is 0 Å². The summed E-state index contributed by atoms with van der Waals surface area (Å²) in [5.74, 6) is 0. The van der Waals surface area contributed by atoms with E-state index in [9.17, 15) is 0 Å². The van der Waals surface area contributed by atoms with Crippen LogP contribution in [0.1, 0.15) is 27.7 Å². The van der Waals surface area contributed by atoms with Crippen LogP contribution in [0.25, 0.3) is 0 Å². The quantitative estimate of drug-likeness (QED) is 0.632. The number of methoxy groups -OCH3 is 1. The van der Waals surface area contributed by atoms with Gasteiger partial charge in [-0.3, -0.25) is 0 Å². The van der Waals surface area contributed by atoms with Crippen molar-refractivity contribution in [3.05, 3.63) is 0 Å². The molecule has 0 aromatic heterocycles. The third-order valence-corrected chi connectivity index (χ3v) is 1.04. The van der Waals surface area contributed by atoms with Gasteiger partial charge in [0.1, 0.15) is 0 Å². The summed E-state index contributed by atoms with van der Waals surface area (Å²) >= 11 is 0. The summed E-state index contributed by atoms with van der Waals surface area (Å²) < 4.78 is 4.69. The molecule has 11 heavy (non-hydrogen) atoms. The Labute approximate surface area is 72.5 Å². The molecular formula is C9H25NO. The van der Waals surface area contributed by atoms with E-state index < -0.39 is 0 Å². The Morgan fingerprint density at radius 3 is 1.55 bits per heavy atom. The summed E-state index contributed by atoms with van der Waals surface area (Å²) in [6.07, 6.45) is 1.12. The summed E-state index contributed by atoms with van der Waals surface area (Å²) in [7, 11) is 5.82. The molecule has 0 aliphatic rings. The van der Waals surface area contributed by atoms with Gasteiger partial charge < -0.3 is 9.64 Å². The van der Waals surface area contributed by atoms with Crippen molar-refractivity contribution in [2.24, 2.45) is 0 Å². The van der Waals surface area contributed by atoms with Crippen molar-refractivity contribution in [2.75, 3.05) is 34.4 Å². The number of hydrogen-bond donors (Lipinski definition) is 0. The topological polar surface area (TPSA) is 12.5 Å². The minimum Gasteiger partial charge on any atom is -0.385 e. The van der Waals surface area contributed by atoms with Crippen LogP contribution in [-0.4, -0.2) is 39.3 Å². The van der Waals surface area contributed by atoms with E-state index in [1.54, 1.807) is 7.11 Å². The van der Waals surface area contributed by atoms with E-state index in [0.717, 1.165) is 19.6 Å². The van der Waals surface area contributed by atoms with Crippen LogP contribution in [0.3, 0.4) is 0 Å². The maximum Gasteiger partial charge on any atom is 0.0459 e. The van der Waals surface area contributed by atoms with Gasteiger partial charge in [-0.15, -0.1) is 0 Å². The highest BCUT2D eigenvalue weighted by atomic mass is 16.5. The molecule has 0 aromatic carbocycles. The molecule has 0 unspecified atom stereocenters. The van der Waals surface area contributed by atoms with Crippen molar-refractivity contribution in [1.82, 2.24) is 4.90 Å². The molecule has 0 rings (SSSR count). The second-order valence-corrected chi connectivity index (χ2v) is 2.39. The molecule has 0 N–H and O–H groups in total. The summed E-state index contributed by atoms with van der Waals surface area (Å²) in [6, 6.07) is 0. The van der Waals surface area contributed by atoms with Gasteiger partial charge in [0, 0.05) is 13.7 Å². The zero-order chi connectivity index (χ0) is 8.41. The van der Waals surface area contributed by atoms with Crippen LogP contribution in [0.5, 0.6) is 0 Å². The van der Waals surface area contributed by atoms with Crippen molar-refractivity contribution < 1.29 is 4.74 Å². The Morgan fingerprint density at radius 2 is 1.55 bits per heavy atom. The molecule has 0 atom stereocenters. The van der Waals surface area contributed by atoms with Crippen molar-refractivity contribution in [3.8, 4) is 0 Å². The Morgan fingerprint density at radius 1 is 1.18 bits per heavy atom. The first-order valence-electron chi connectivity index (χ1n) is 3.82. The van der Waals surface area contributed by atoms with E-state index >= 15 is 0 Å². The molecule has 0 aliphatic carbocycles. The molecule has 0 saturated heterocycles. The van der Waals surface area contributed by atoms with E-state index in [2.05, 4.69) is 32.8 Å². The van der Waals surface area contributed by atoms with Crippen LogP contribution < -0.4 is 0 Å². The van der Waals surface area contributed by atoms with Crippen molar-refractivity contribution in [3.63, 3.8) is 0 Å². The van der Waals surface area contributed by atoms with E-state index in [1.165, 1.54) is 0 Å². The van der Waals surface area contributed by atoms with Crippen LogP contribution in [0.4, 0.5) is 0 Å². The maximum atomic E-state index is 4.69. The first-order chi connectivity index (χ1) is 4.68. The molecule has 0 aliphatic heterocycles. The van der Waals surface area contributed by atoms with Gasteiger partial charge in [-0.05, 0) is 27.1 Å². The van der Waals surface area contributed by atoms with E-state index in [0.29, 0.717) is 0 Å². The number of nitrogens with zero attached hydrogens (tertiary/aromatic N) is 1. The summed E-state index contributed by atoms with van der Waals surface area (Å²) in [6.45, 7) is 6.24. The van der Waals surface area contributed by atoms with Crippen LogP contribution in [0.15, 0.2) is 0 Å². The predicted molar refractivity (Wildman–Crippen MR) is 53.1 cm³/mol. The fraction of sp³-hybridized carbons (Fsp3) is 1.00. The molecule has 0 heterocycles. The van der Waals surface area contributed by atoms with Gasteiger partial charge in [0.05, 0.1) is 0 Å². The van der Waals surface area contributed by atoms with E-state index in [4.69, 9.17) is 4.74 Å². The second kappa shape index (κ2) is 16.5. The molecular weight excluding hydrogens is 138 g/mol. The first-order valence-corrected chi connectivity index (χ1v) is 3.82. The zero-order valence-electron chi connectivity index (χ0n) is 7.98. The largest absolute Gasteiger partial charge is 0.385 e. The van der Waals surface area contributed by atoms with E-state index in [-0.39, 0.29) is 7.43 Å². The highest BCUT2D eigenvalue weighted by Gasteiger charge is 1.72. The smallest absolute Gasteiger partial charge is 0.0459 e. The molecule has 0 saturated carbocycles. The standard InChI is InChI=1S/C4H11N.C4H10O.CH4/c1-4-5(2)3;1-3-4-5-2;/h4H2,1-3H3;3-4H2,1-2H3;1H4. The van der Waals surface area contributed by atoms with Crippen molar-refractivity contribution in [1.29, 1.82) is 0 Å². The number of hydrogen-bond acceptors (Lipinski definition) is 2. The molecule has 2 nitrogen and oxygen atoms in total. The van der Waals surface area contributed by atoms with Gasteiger partial charge in [-0.25, -0.2) is 0 Å². The van der Waals surface area contributed by atoms with Gasteiger partial charge in [-0.2, -0.15) is 0 Å². The predicted octanol–water partition coefficient (Wildman–Crippen LogP) is 2.25. The summed E-state index contributed by atoms with van der Waals surface area (Å²) in [4.78, 5) is 2.12. The van der Waals surface area contributed by atoms with Crippen LogP contribution in [0.2, 0.25) is 0 Å². The van der Waals surface area contributed by atoms with Gasteiger partial charge in [0.25, 0.3) is 0 Å². The SMILES string of the molecule is C.CCCOC.CCN(C)C. The average Bonchev–Trinajstić information content (AvgIpc) is 1.91. The summed E-state index contributed by atoms with van der Waals surface area (Å²) in [5, 5.41) is 0. The lowest BCUT2D eigenvalue weighted by atomic mass is 10.5. The lowest BCUT2D eigenvalue weighted by molar-refractivity contribution is 0.199. The normalized spacial score (nSPS) is 8.18. The average molecular weight is 163 g/mol. The number of rotatable bonds is 3. The van der Waals surface area contributed by atoms with Gasteiger partial charge in [-0.1, -0.05) is 21.3 Å². The van der Waals surface area contributed by atoms with Crippen LogP contribution >= 0.6 is 0 Å². The third kappa shape index (κ3) is 40.5. The Kier molecular flexibility index (Phi) is 25.7. The minimum atomic E-state index is 0. The van der Waals surface area contributed by atoms with Crippen molar-refractivity contribution >= 4 is 0 Å². The fourth-order valence-electron chi connectivity index (χ4n) is 0.204. The highest BCUT2D eigenvalue weighted by molar-refractivity contribution is 4.25. The van der Waals surface area contributed by atoms with Gasteiger partial charge in [0.2, 0.25) is 0 Å². The summed E-state index contributed by atoms with van der Waals surface area (Å²) in [5.41, 5.74) is 0. The lowest BCUT2D eigenvalue weighted by Crippen LogP contribution is -2.08. The Hall–Kier alpha value is -0.0800. The first kappa shape index (κ1) is 17.1. The molecule has 2 heteroatoms. The minimum absolute atomic E-state index is 0. The Bertz CT molecular complexity index is 44.8. The highest BCUT2D eigenvalue weighted by Crippen LogP contribution is 1.70. The molecule has 0 amide bonds. The second-order valence-electron chi connectivity index (χ2n) is 2.39. The monoisotopic (exact) mass is 163 g/mol. The van der Waals surface area contributed by atoms with Crippen molar-refractivity contribution in [2.45, 2.75) is 27.7 Å². The lowest BCUT2D eigenvalue weighted by Gasteiger charge is -2.00. The molecule has 0 spiro atoms. The third-order valence-electron chi connectivity index (χ3n) is 1.04. The van der Waals surface area contributed by atoms with E-state index in [1.807, 2.05) is 0 Å². The molecule has 72 valence electrons. The molecule has 0 bridgehead atoms. The number of ether oxygens (including phenoxy) is 1. The molecule has 0 aromatic rings. The molecule has 0 fully saturated rings. The fourth-order valence-corrected chi connectivity index (χ4v) is 0.204. The van der Waals surface area contributed by atoms with Gasteiger partial charge in [0.15, 0.2) is 0 Å². The zero-order valence-corrected chi connectivity index (χ0v) is 7.98. The maximum absolute atomic E-state index is 4.69. The molecule has 0 radical (unpaired) electrons.